The highest BCUT2D eigenvalue weighted by Crippen LogP contribution is 2.30. The molecular weight excluding hydrogens is 345 g/mol. The van der Waals surface area contributed by atoms with Crippen LogP contribution >= 0.6 is 34.4 Å². The van der Waals surface area contributed by atoms with Gasteiger partial charge in [0.05, 0.1) is 8.60 Å². The largest absolute Gasteiger partial charge is 0.349 e. The number of benzene rings is 1. The van der Waals surface area contributed by atoms with Crippen LogP contribution in [0.4, 0.5) is 0 Å². The molecule has 0 aliphatic rings. The highest BCUT2D eigenvalue weighted by molar-refractivity contribution is 14.1. The molecule has 0 bridgehead atoms. The lowest BCUT2D eigenvalue weighted by Crippen LogP contribution is -1.86. The van der Waals surface area contributed by atoms with Crippen LogP contribution in [0.2, 0.25) is 0 Å². The summed E-state index contributed by atoms with van der Waals surface area (Å²) in [6.45, 7) is 0. The Hall–Kier alpha value is -1.08. The third kappa shape index (κ3) is 2.30. The molecule has 0 saturated carbocycles. The van der Waals surface area contributed by atoms with E-state index in [9.17, 15) is 0 Å². The van der Waals surface area contributed by atoms with Gasteiger partial charge in [-0.1, -0.05) is 30.0 Å². The fraction of sp³-hybridized carbons (Fsp3) is 0. The van der Waals surface area contributed by atoms with Crippen LogP contribution < -0.4 is 0 Å². The van der Waals surface area contributed by atoms with Gasteiger partial charge in [0.2, 0.25) is 0 Å². The summed E-state index contributed by atoms with van der Waals surface area (Å²) in [5, 5.41) is 3.30. The van der Waals surface area contributed by atoms with E-state index in [0.717, 1.165) is 19.1 Å². The standard InChI is InChI=1S/C12H8IN3S/c13-9-6-14-7-15-12(9)17-11-5-8-3-1-2-4-10(8)16-11/h1-7,16H. The predicted molar refractivity (Wildman–Crippen MR) is 77.2 cm³/mol. The molecule has 2 aromatic heterocycles. The molecule has 5 heteroatoms. The smallest absolute Gasteiger partial charge is 0.119 e. The molecule has 3 aromatic rings. The number of hydrogen-bond acceptors (Lipinski definition) is 3. The maximum absolute atomic E-state index is 4.27. The summed E-state index contributed by atoms with van der Waals surface area (Å²) in [6, 6.07) is 10.4. The molecule has 0 radical (unpaired) electrons. The second-order valence-corrected chi connectivity index (χ2v) is 5.69. The van der Waals surface area contributed by atoms with Crippen molar-refractivity contribution in [3.8, 4) is 0 Å². The number of halogens is 1. The summed E-state index contributed by atoms with van der Waals surface area (Å²) < 4.78 is 1.06. The first kappa shape index (κ1) is 11.0. The van der Waals surface area contributed by atoms with Crippen LogP contribution in [0.1, 0.15) is 0 Å². The zero-order valence-corrected chi connectivity index (χ0v) is 11.7. The van der Waals surface area contributed by atoms with E-state index in [1.807, 2.05) is 18.3 Å². The van der Waals surface area contributed by atoms with Crippen molar-refractivity contribution in [1.29, 1.82) is 0 Å². The van der Waals surface area contributed by atoms with Crippen molar-refractivity contribution in [2.75, 3.05) is 0 Å². The number of hydrogen-bond donors (Lipinski definition) is 1. The Morgan fingerprint density at radius 3 is 2.94 bits per heavy atom. The van der Waals surface area contributed by atoms with Crippen molar-refractivity contribution in [3.63, 3.8) is 0 Å². The van der Waals surface area contributed by atoms with E-state index >= 15 is 0 Å². The Bertz CT molecular complexity index is 632. The molecule has 2 heterocycles. The van der Waals surface area contributed by atoms with Crippen molar-refractivity contribution in [1.82, 2.24) is 15.0 Å². The zero-order chi connectivity index (χ0) is 11.7. The first-order valence-electron chi connectivity index (χ1n) is 5.04. The lowest BCUT2D eigenvalue weighted by atomic mass is 10.3. The number of nitrogens with zero attached hydrogens (tertiary/aromatic N) is 2. The number of para-hydroxylation sites is 1. The third-order valence-corrected chi connectivity index (χ3v) is 4.46. The number of rotatable bonds is 2. The van der Waals surface area contributed by atoms with Gasteiger partial charge in [0.15, 0.2) is 0 Å². The molecule has 1 N–H and O–H groups in total. The van der Waals surface area contributed by atoms with Gasteiger partial charge in [-0.3, -0.25) is 0 Å². The molecule has 0 atom stereocenters. The minimum absolute atomic E-state index is 0.979. The molecule has 0 fully saturated rings. The van der Waals surface area contributed by atoms with Crippen LogP contribution in [0.15, 0.2) is 52.9 Å². The van der Waals surface area contributed by atoms with Gasteiger partial charge in [0.1, 0.15) is 11.4 Å². The van der Waals surface area contributed by atoms with Gasteiger partial charge in [-0.25, -0.2) is 9.97 Å². The van der Waals surface area contributed by atoms with Crippen molar-refractivity contribution in [3.05, 3.63) is 46.4 Å². The molecule has 0 aliphatic heterocycles. The first-order valence-corrected chi connectivity index (χ1v) is 6.93. The summed E-state index contributed by atoms with van der Waals surface area (Å²) in [6.07, 6.45) is 3.39. The van der Waals surface area contributed by atoms with E-state index in [2.05, 4.69) is 55.7 Å². The van der Waals surface area contributed by atoms with E-state index in [1.54, 1.807) is 18.1 Å². The minimum Gasteiger partial charge on any atom is -0.349 e. The van der Waals surface area contributed by atoms with Gasteiger partial charge in [-0.15, -0.1) is 0 Å². The molecule has 84 valence electrons. The molecule has 0 aliphatic carbocycles. The minimum atomic E-state index is 0.979. The summed E-state index contributed by atoms with van der Waals surface area (Å²) in [4.78, 5) is 11.6. The van der Waals surface area contributed by atoms with Crippen molar-refractivity contribution in [2.45, 2.75) is 10.1 Å². The summed E-state index contributed by atoms with van der Waals surface area (Å²) >= 11 is 3.87. The molecule has 3 nitrogen and oxygen atoms in total. The molecule has 0 saturated heterocycles. The van der Waals surface area contributed by atoms with Crippen molar-refractivity contribution < 1.29 is 0 Å². The molecule has 0 amide bonds. The van der Waals surface area contributed by atoms with Crippen LogP contribution in [0.25, 0.3) is 10.9 Å². The fourth-order valence-corrected chi connectivity index (χ4v) is 3.02. The molecule has 0 spiro atoms. The van der Waals surface area contributed by atoms with Crippen LogP contribution in [-0.2, 0) is 0 Å². The van der Waals surface area contributed by atoms with Crippen LogP contribution in [0.5, 0.6) is 0 Å². The first-order chi connectivity index (χ1) is 8.33. The van der Waals surface area contributed by atoms with E-state index in [0.29, 0.717) is 0 Å². The second kappa shape index (κ2) is 4.66. The van der Waals surface area contributed by atoms with Gasteiger partial charge in [-0.2, -0.15) is 0 Å². The van der Waals surface area contributed by atoms with Crippen molar-refractivity contribution >= 4 is 45.3 Å². The number of aromatic nitrogens is 3. The normalized spacial score (nSPS) is 10.9. The molecule has 1 aromatic carbocycles. The Morgan fingerprint density at radius 2 is 2.12 bits per heavy atom. The van der Waals surface area contributed by atoms with Crippen LogP contribution in [-0.4, -0.2) is 15.0 Å². The van der Waals surface area contributed by atoms with Gasteiger partial charge >= 0.3 is 0 Å². The van der Waals surface area contributed by atoms with E-state index < -0.39 is 0 Å². The van der Waals surface area contributed by atoms with Crippen LogP contribution in [0.3, 0.4) is 0 Å². The fourth-order valence-electron chi connectivity index (χ4n) is 1.58. The SMILES string of the molecule is Ic1cncnc1Sc1cc2ccccc2[nH]1. The lowest BCUT2D eigenvalue weighted by Gasteiger charge is -1.99. The Balaban J connectivity index is 1.98. The highest BCUT2D eigenvalue weighted by atomic mass is 127. The predicted octanol–water partition coefficient (Wildman–Crippen LogP) is 3.71. The monoisotopic (exact) mass is 353 g/mol. The zero-order valence-electron chi connectivity index (χ0n) is 8.72. The Morgan fingerprint density at radius 1 is 1.24 bits per heavy atom. The Labute approximate surface area is 116 Å². The summed E-state index contributed by atoms with van der Waals surface area (Å²) in [5.41, 5.74) is 1.15. The number of H-pyrrole nitrogens is 1. The summed E-state index contributed by atoms with van der Waals surface area (Å²) in [7, 11) is 0. The molecule has 0 unspecified atom stereocenters. The third-order valence-electron chi connectivity index (χ3n) is 2.35. The number of fused-ring (bicyclic) bond motifs is 1. The highest BCUT2D eigenvalue weighted by Gasteiger charge is 2.06. The number of nitrogens with one attached hydrogen (secondary N) is 1. The van der Waals surface area contributed by atoms with E-state index in [4.69, 9.17) is 0 Å². The van der Waals surface area contributed by atoms with Gasteiger partial charge in [0.25, 0.3) is 0 Å². The average Bonchev–Trinajstić information content (AvgIpc) is 2.74. The van der Waals surface area contributed by atoms with Crippen LogP contribution in [0, 0.1) is 3.57 Å². The quantitative estimate of drug-likeness (QED) is 0.564. The lowest BCUT2D eigenvalue weighted by molar-refractivity contribution is 1.02. The maximum Gasteiger partial charge on any atom is 0.119 e. The van der Waals surface area contributed by atoms with Gasteiger partial charge in [0, 0.05) is 17.1 Å². The summed E-state index contributed by atoms with van der Waals surface area (Å²) in [5.74, 6) is 0. The number of aromatic amines is 1. The molecule has 17 heavy (non-hydrogen) atoms. The van der Waals surface area contributed by atoms with Gasteiger partial charge in [-0.05, 0) is 34.7 Å². The average molecular weight is 353 g/mol. The maximum atomic E-state index is 4.27. The van der Waals surface area contributed by atoms with E-state index in [1.165, 1.54) is 5.39 Å². The second-order valence-electron chi connectivity index (χ2n) is 3.50. The van der Waals surface area contributed by atoms with E-state index in [-0.39, 0.29) is 0 Å². The topological polar surface area (TPSA) is 41.6 Å². The Kier molecular flexibility index (Phi) is 3.02. The van der Waals surface area contributed by atoms with Gasteiger partial charge < -0.3 is 4.98 Å². The van der Waals surface area contributed by atoms with Crippen molar-refractivity contribution in [2.24, 2.45) is 0 Å². The molecular formula is C12H8IN3S. The molecule has 3 rings (SSSR count).